The summed E-state index contributed by atoms with van der Waals surface area (Å²) >= 11 is 0. The quantitative estimate of drug-likeness (QED) is 0.576. The summed E-state index contributed by atoms with van der Waals surface area (Å²) in [5.41, 5.74) is 2.87. The minimum absolute atomic E-state index is 0.0153. The van der Waals surface area contributed by atoms with Crippen molar-refractivity contribution in [2.24, 2.45) is 12.9 Å². The van der Waals surface area contributed by atoms with E-state index in [0.717, 1.165) is 5.69 Å². The van der Waals surface area contributed by atoms with Crippen molar-refractivity contribution >= 4 is 11.6 Å². The van der Waals surface area contributed by atoms with Crippen LogP contribution in [0.5, 0.6) is 0 Å². The van der Waals surface area contributed by atoms with Gasteiger partial charge in [-0.2, -0.15) is 18.3 Å². The van der Waals surface area contributed by atoms with Gasteiger partial charge in [0.25, 0.3) is 0 Å². The van der Waals surface area contributed by atoms with Crippen LogP contribution < -0.4 is 16.6 Å². The molecule has 0 aromatic carbocycles. The van der Waals surface area contributed by atoms with Crippen LogP contribution in [0.1, 0.15) is 11.5 Å². The van der Waals surface area contributed by atoms with Crippen molar-refractivity contribution < 1.29 is 13.2 Å². The second kappa shape index (κ2) is 5.33. The summed E-state index contributed by atoms with van der Waals surface area (Å²) in [4.78, 5) is 6.67. The number of hydrogen-bond donors (Lipinski definition) is 3. The smallest absolute Gasteiger partial charge is 0.364 e. The molecular formula is C10H12F3N7. The molecular weight excluding hydrogens is 275 g/mol. The molecule has 0 radical (unpaired) electrons. The highest BCUT2D eigenvalue weighted by Crippen LogP contribution is 2.28. The second-order valence-electron chi connectivity index (χ2n) is 3.90. The van der Waals surface area contributed by atoms with Gasteiger partial charge in [0.05, 0.1) is 12.2 Å². The standard InChI is InChI=1S/C10H12F3N7/c1-20-6(2-3-16-20)5-15-7-4-8(19-14)18-9(17-7)10(11,12)13/h2-4H,5,14H2,1H3,(H2,15,17,18,19). The molecule has 0 amide bonds. The highest BCUT2D eigenvalue weighted by molar-refractivity contribution is 5.47. The predicted molar refractivity (Wildman–Crippen MR) is 65.4 cm³/mol. The van der Waals surface area contributed by atoms with Gasteiger partial charge >= 0.3 is 6.18 Å². The van der Waals surface area contributed by atoms with Gasteiger partial charge < -0.3 is 10.7 Å². The molecule has 7 nitrogen and oxygen atoms in total. The molecule has 20 heavy (non-hydrogen) atoms. The Bertz CT molecular complexity index is 593. The van der Waals surface area contributed by atoms with Gasteiger partial charge in [0.1, 0.15) is 11.6 Å². The average Bonchev–Trinajstić information content (AvgIpc) is 2.80. The van der Waals surface area contributed by atoms with Crippen LogP contribution >= 0.6 is 0 Å². The van der Waals surface area contributed by atoms with E-state index in [1.807, 2.05) is 0 Å². The summed E-state index contributed by atoms with van der Waals surface area (Å²) in [6.45, 7) is 0.273. The van der Waals surface area contributed by atoms with E-state index in [1.165, 1.54) is 6.07 Å². The van der Waals surface area contributed by atoms with E-state index in [1.54, 1.807) is 24.0 Å². The fourth-order valence-corrected chi connectivity index (χ4v) is 1.49. The Hall–Kier alpha value is -2.36. The second-order valence-corrected chi connectivity index (χ2v) is 3.90. The number of aromatic nitrogens is 4. The van der Waals surface area contributed by atoms with E-state index >= 15 is 0 Å². The van der Waals surface area contributed by atoms with Crippen molar-refractivity contribution in [1.82, 2.24) is 19.7 Å². The monoisotopic (exact) mass is 287 g/mol. The lowest BCUT2D eigenvalue weighted by Crippen LogP contribution is -2.17. The maximum absolute atomic E-state index is 12.6. The molecule has 0 aliphatic heterocycles. The first-order valence-corrected chi connectivity index (χ1v) is 5.54. The number of nitrogens with one attached hydrogen (secondary N) is 2. The number of nitrogen functional groups attached to an aromatic ring is 1. The van der Waals surface area contributed by atoms with Gasteiger partial charge in [-0.15, -0.1) is 0 Å². The zero-order valence-electron chi connectivity index (χ0n) is 10.4. The van der Waals surface area contributed by atoms with E-state index in [2.05, 4.69) is 25.8 Å². The SMILES string of the molecule is Cn1nccc1CNc1cc(NN)nc(C(F)(F)F)n1. The fourth-order valence-electron chi connectivity index (χ4n) is 1.49. The van der Waals surface area contributed by atoms with E-state index < -0.39 is 12.0 Å². The largest absolute Gasteiger partial charge is 0.451 e. The number of rotatable bonds is 4. The Morgan fingerprint density at radius 3 is 2.55 bits per heavy atom. The highest BCUT2D eigenvalue weighted by atomic mass is 19.4. The van der Waals surface area contributed by atoms with E-state index in [-0.39, 0.29) is 18.2 Å². The molecule has 0 aliphatic carbocycles. The van der Waals surface area contributed by atoms with Crippen LogP contribution in [-0.4, -0.2) is 19.7 Å². The summed E-state index contributed by atoms with van der Waals surface area (Å²) < 4.78 is 39.5. The lowest BCUT2D eigenvalue weighted by atomic mass is 10.4. The van der Waals surface area contributed by atoms with Crippen LogP contribution in [-0.2, 0) is 19.8 Å². The minimum Gasteiger partial charge on any atom is -0.364 e. The minimum atomic E-state index is -4.64. The number of nitrogens with two attached hydrogens (primary N) is 1. The van der Waals surface area contributed by atoms with Gasteiger partial charge in [0, 0.05) is 19.3 Å². The molecule has 0 saturated carbocycles. The number of hydrogen-bond acceptors (Lipinski definition) is 6. The molecule has 0 aliphatic rings. The Morgan fingerprint density at radius 1 is 1.30 bits per heavy atom. The summed E-state index contributed by atoms with van der Waals surface area (Å²) in [5.74, 6) is 3.72. The number of halogens is 3. The van der Waals surface area contributed by atoms with Crippen molar-refractivity contribution in [3.8, 4) is 0 Å². The third-order valence-electron chi connectivity index (χ3n) is 2.50. The number of alkyl halides is 3. The van der Waals surface area contributed by atoms with Crippen LogP contribution in [0.4, 0.5) is 24.8 Å². The van der Waals surface area contributed by atoms with Crippen molar-refractivity contribution in [2.75, 3.05) is 10.7 Å². The van der Waals surface area contributed by atoms with Gasteiger partial charge in [-0.05, 0) is 6.07 Å². The molecule has 0 fully saturated rings. The Labute approximate surface area is 112 Å². The Balaban J connectivity index is 2.21. The van der Waals surface area contributed by atoms with Crippen LogP contribution in [0.3, 0.4) is 0 Å². The van der Waals surface area contributed by atoms with E-state index in [0.29, 0.717) is 0 Å². The average molecular weight is 287 g/mol. The van der Waals surface area contributed by atoms with Gasteiger partial charge in [-0.25, -0.2) is 15.8 Å². The van der Waals surface area contributed by atoms with Crippen LogP contribution in [0.15, 0.2) is 18.3 Å². The molecule has 10 heteroatoms. The molecule has 2 rings (SSSR count). The summed E-state index contributed by atoms with van der Waals surface area (Å²) in [6, 6.07) is 3.02. The summed E-state index contributed by atoms with van der Waals surface area (Å²) in [5, 5.41) is 6.72. The maximum atomic E-state index is 12.6. The number of anilines is 2. The van der Waals surface area contributed by atoms with Gasteiger partial charge in [0.2, 0.25) is 5.82 Å². The molecule has 0 bridgehead atoms. The van der Waals surface area contributed by atoms with Gasteiger partial charge in [-0.3, -0.25) is 4.68 Å². The highest BCUT2D eigenvalue weighted by Gasteiger charge is 2.35. The zero-order chi connectivity index (χ0) is 14.8. The van der Waals surface area contributed by atoms with Crippen molar-refractivity contribution in [3.05, 3.63) is 29.8 Å². The molecule has 0 spiro atoms. The Kier molecular flexibility index (Phi) is 3.74. The summed E-state index contributed by atoms with van der Waals surface area (Å²) in [6.07, 6.45) is -3.05. The van der Waals surface area contributed by atoms with Gasteiger partial charge in [-0.1, -0.05) is 0 Å². The molecule has 0 unspecified atom stereocenters. The van der Waals surface area contributed by atoms with Crippen LogP contribution in [0.25, 0.3) is 0 Å². The predicted octanol–water partition coefficient (Wildman–Crippen LogP) is 1.13. The zero-order valence-corrected chi connectivity index (χ0v) is 10.4. The molecule has 0 atom stereocenters. The first-order chi connectivity index (χ1) is 9.40. The van der Waals surface area contributed by atoms with Crippen molar-refractivity contribution in [1.29, 1.82) is 0 Å². The topological polar surface area (TPSA) is 93.7 Å². The Morgan fingerprint density at radius 2 is 2.00 bits per heavy atom. The fraction of sp³-hybridized carbons (Fsp3) is 0.300. The van der Waals surface area contributed by atoms with E-state index in [9.17, 15) is 13.2 Å². The lowest BCUT2D eigenvalue weighted by Gasteiger charge is -2.11. The third kappa shape index (κ3) is 3.15. The van der Waals surface area contributed by atoms with E-state index in [4.69, 9.17) is 5.84 Å². The molecule has 2 heterocycles. The maximum Gasteiger partial charge on any atom is 0.451 e. The first-order valence-electron chi connectivity index (χ1n) is 5.54. The number of nitrogens with zero attached hydrogens (tertiary/aromatic N) is 4. The normalized spacial score (nSPS) is 11.4. The molecule has 0 saturated heterocycles. The molecule has 108 valence electrons. The van der Waals surface area contributed by atoms with Crippen LogP contribution in [0, 0.1) is 0 Å². The van der Waals surface area contributed by atoms with Gasteiger partial charge in [0.15, 0.2) is 0 Å². The number of hydrazine groups is 1. The number of aryl methyl sites for hydroxylation is 1. The molecule has 4 N–H and O–H groups in total. The first kappa shape index (κ1) is 14.1. The molecule has 2 aromatic rings. The molecule has 2 aromatic heterocycles. The lowest BCUT2D eigenvalue weighted by molar-refractivity contribution is -0.144. The summed E-state index contributed by atoms with van der Waals surface area (Å²) in [7, 11) is 1.73. The van der Waals surface area contributed by atoms with Crippen molar-refractivity contribution in [3.63, 3.8) is 0 Å². The van der Waals surface area contributed by atoms with Crippen molar-refractivity contribution in [2.45, 2.75) is 12.7 Å². The third-order valence-corrected chi connectivity index (χ3v) is 2.50. The van der Waals surface area contributed by atoms with Crippen LogP contribution in [0.2, 0.25) is 0 Å².